The number of nitrogens with zero attached hydrogens (tertiary/aromatic N) is 3. The molecule has 7 heteroatoms. The lowest BCUT2D eigenvalue weighted by Crippen LogP contribution is -2.29. The lowest BCUT2D eigenvalue weighted by Gasteiger charge is -2.26. The fourth-order valence-electron chi connectivity index (χ4n) is 5.13. The number of aliphatic hydroxyl groups excluding tert-OH is 1. The molecule has 4 aromatic rings. The molecule has 1 amide bonds. The molecule has 1 heterocycles. The van der Waals surface area contributed by atoms with E-state index in [2.05, 4.69) is 0 Å². The van der Waals surface area contributed by atoms with Gasteiger partial charge < -0.3 is 19.6 Å². The Morgan fingerprint density at radius 2 is 1.40 bits per heavy atom. The molecule has 0 aromatic heterocycles. The van der Waals surface area contributed by atoms with E-state index in [1.165, 1.54) is 4.90 Å². The van der Waals surface area contributed by atoms with Crippen LogP contribution in [0.4, 0.5) is 17.1 Å². The smallest absolute Gasteiger partial charge is 0.300 e. The number of ether oxygens (including phenoxy) is 1. The van der Waals surface area contributed by atoms with Crippen LogP contribution in [0.2, 0.25) is 0 Å². The number of hydrogen-bond donors (Lipinski definition) is 1. The number of rotatable bonds is 8. The second-order valence-electron chi connectivity index (χ2n) is 10.8. The molecule has 42 heavy (non-hydrogen) atoms. The van der Waals surface area contributed by atoms with Crippen molar-refractivity contribution in [2.24, 2.45) is 0 Å². The van der Waals surface area contributed by atoms with E-state index >= 15 is 0 Å². The van der Waals surface area contributed by atoms with E-state index < -0.39 is 17.7 Å². The van der Waals surface area contributed by atoms with Gasteiger partial charge in [-0.3, -0.25) is 14.5 Å². The summed E-state index contributed by atoms with van der Waals surface area (Å²) in [6, 6.07) is 29.5. The van der Waals surface area contributed by atoms with Crippen molar-refractivity contribution < 1.29 is 19.4 Å². The van der Waals surface area contributed by atoms with Crippen LogP contribution in [0.25, 0.3) is 5.76 Å². The predicted octanol–water partition coefficient (Wildman–Crippen LogP) is 6.33. The fraction of sp³-hybridized carbons (Fsp3) is 0.200. The van der Waals surface area contributed by atoms with Crippen LogP contribution in [0, 0.1) is 6.92 Å². The molecule has 214 valence electrons. The van der Waals surface area contributed by atoms with Crippen molar-refractivity contribution >= 4 is 34.5 Å². The summed E-state index contributed by atoms with van der Waals surface area (Å²) < 4.78 is 6.01. The summed E-state index contributed by atoms with van der Waals surface area (Å²) in [5.41, 5.74) is 5.57. The molecule has 5 rings (SSSR count). The van der Waals surface area contributed by atoms with E-state index in [-0.39, 0.29) is 11.3 Å². The van der Waals surface area contributed by atoms with Crippen LogP contribution >= 0.6 is 0 Å². The van der Waals surface area contributed by atoms with Crippen LogP contribution in [-0.4, -0.2) is 45.0 Å². The van der Waals surface area contributed by atoms with Crippen LogP contribution in [0.15, 0.2) is 103 Å². The molecule has 0 aliphatic carbocycles. The van der Waals surface area contributed by atoms with Crippen molar-refractivity contribution in [2.45, 2.75) is 19.6 Å². The molecule has 0 saturated carbocycles. The van der Waals surface area contributed by atoms with Crippen molar-refractivity contribution in [1.82, 2.24) is 0 Å². The van der Waals surface area contributed by atoms with E-state index in [1.807, 2.05) is 124 Å². The first-order valence-electron chi connectivity index (χ1n) is 13.8. The molecule has 1 unspecified atom stereocenters. The highest BCUT2D eigenvalue weighted by molar-refractivity contribution is 6.51. The zero-order valence-electron chi connectivity index (χ0n) is 24.5. The molecule has 0 bridgehead atoms. The van der Waals surface area contributed by atoms with Gasteiger partial charge >= 0.3 is 0 Å². The molecular formula is C35H35N3O4. The third-order valence-electron chi connectivity index (χ3n) is 7.50. The highest BCUT2D eigenvalue weighted by Crippen LogP contribution is 2.43. The van der Waals surface area contributed by atoms with Gasteiger partial charge in [-0.25, -0.2) is 0 Å². The van der Waals surface area contributed by atoms with Crippen LogP contribution in [0.3, 0.4) is 0 Å². The van der Waals surface area contributed by atoms with Gasteiger partial charge in [0.2, 0.25) is 0 Å². The molecule has 0 radical (unpaired) electrons. The zero-order valence-corrected chi connectivity index (χ0v) is 24.5. The molecule has 1 fully saturated rings. The summed E-state index contributed by atoms with van der Waals surface area (Å²) in [5.74, 6) is -0.962. The van der Waals surface area contributed by atoms with Crippen molar-refractivity contribution in [3.63, 3.8) is 0 Å². The number of aryl methyl sites for hydroxylation is 1. The molecule has 1 saturated heterocycles. The minimum atomic E-state index is -0.805. The Morgan fingerprint density at radius 1 is 0.810 bits per heavy atom. The van der Waals surface area contributed by atoms with Crippen molar-refractivity contribution in [2.75, 3.05) is 42.9 Å². The van der Waals surface area contributed by atoms with Gasteiger partial charge in [-0.05, 0) is 78.2 Å². The Morgan fingerprint density at radius 3 is 1.98 bits per heavy atom. The molecule has 1 aliphatic rings. The van der Waals surface area contributed by atoms with E-state index in [0.717, 1.165) is 28.1 Å². The number of ketones is 1. The summed E-state index contributed by atoms with van der Waals surface area (Å²) in [5, 5.41) is 11.6. The highest BCUT2D eigenvalue weighted by atomic mass is 16.5. The third-order valence-corrected chi connectivity index (χ3v) is 7.50. The van der Waals surface area contributed by atoms with Gasteiger partial charge in [0.25, 0.3) is 11.7 Å². The average Bonchev–Trinajstić information content (AvgIpc) is 3.26. The van der Waals surface area contributed by atoms with Gasteiger partial charge in [0.05, 0.1) is 11.6 Å². The molecular weight excluding hydrogens is 526 g/mol. The summed E-state index contributed by atoms with van der Waals surface area (Å²) in [4.78, 5) is 32.6. The minimum Gasteiger partial charge on any atom is -0.507 e. The monoisotopic (exact) mass is 561 g/mol. The van der Waals surface area contributed by atoms with Crippen LogP contribution in [0.5, 0.6) is 5.75 Å². The van der Waals surface area contributed by atoms with Gasteiger partial charge in [-0.1, -0.05) is 42.5 Å². The number of Topliss-reactive ketones (excluding diaryl/α,β-unsaturated/α-hetero) is 1. The van der Waals surface area contributed by atoms with Crippen LogP contribution < -0.4 is 19.4 Å². The highest BCUT2D eigenvalue weighted by Gasteiger charge is 2.47. The molecule has 4 aromatic carbocycles. The first kappa shape index (κ1) is 28.5. The first-order valence-corrected chi connectivity index (χ1v) is 13.8. The van der Waals surface area contributed by atoms with E-state index in [0.29, 0.717) is 23.6 Å². The number of hydrogen-bond acceptors (Lipinski definition) is 6. The predicted molar refractivity (Wildman–Crippen MR) is 168 cm³/mol. The maximum absolute atomic E-state index is 13.6. The van der Waals surface area contributed by atoms with Gasteiger partial charge in [0.15, 0.2) is 0 Å². The summed E-state index contributed by atoms with van der Waals surface area (Å²) in [7, 11) is 7.77. The minimum absolute atomic E-state index is 0.0478. The Balaban J connectivity index is 1.56. The number of carbonyl (C=O) groups is 2. The second kappa shape index (κ2) is 11.8. The topological polar surface area (TPSA) is 73.3 Å². The van der Waals surface area contributed by atoms with Gasteiger partial charge in [-0.15, -0.1) is 0 Å². The fourth-order valence-corrected chi connectivity index (χ4v) is 5.13. The second-order valence-corrected chi connectivity index (χ2v) is 10.8. The summed E-state index contributed by atoms with van der Waals surface area (Å²) in [6.45, 7) is 2.30. The normalized spacial score (nSPS) is 16.0. The lowest BCUT2D eigenvalue weighted by atomic mass is 9.94. The lowest BCUT2D eigenvalue weighted by molar-refractivity contribution is -0.132. The van der Waals surface area contributed by atoms with Gasteiger partial charge in [0.1, 0.15) is 18.1 Å². The van der Waals surface area contributed by atoms with E-state index in [4.69, 9.17) is 4.74 Å². The Labute approximate surface area is 246 Å². The van der Waals surface area contributed by atoms with E-state index in [9.17, 15) is 14.7 Å². The Hall–Kier alpha value is -5.04. The van der Waals surface area contributed by atoms with Crippen molar-refractivity contribution in [1.29, 1.82) is 0 Å². The summed E-state index contributed by atoms with van der Waals surface area (Å²) in [6.07, 6.45) is 0. The molecule has 1 aliphatic heterocycles. The van der Waals surface area contributed by atoms with Crippen LogP contribution in [0.1, 0.15) is 28.3 Å². The quantitative estimate of drug-likeness (QED) is 0.154. The first-order chi connectivity index (χ1) is 20.2. The number of amides is 1. The third kappa shape index (κ3) is 5.59. The number of carbonyl (C=O) groups excluding carboxylic acids is 2. The zero-order chi connectivity index (χ0) is 30.0. The Kier molecular flexibility index (Phi) is 8.02. The number of benzene rings is 4. The summed E-state index contributed by atoms with van der Waals surface area (Å²) >= 11 is 0. The molecule has 1 N–H and O–H groups in total. The largest absolute Gasteiger partial charge is 0.507 e. The number of anilines is 3. The number of aliphatic hydroxyl groups is 1. The maximum Gasteiger partial charge on any atom is 0.300 e. The standard InChI is InChI=1S/C35H35N3O4/c1-23-21-26(13-20-30(23)42-22-24-9-7-6-8-10-24)33(39)31-32(25-11-14-27(15-12-25)36(2)3)38(35(41)34(31)40)29-18-16-28(17-19-29)37(4)5/h6-21,32,39H,22H2,1-5H3/b33-31-. The van der Waals surface area contributed by atoms with Crippen molar-refractivity contribution in [3.8, 4) is 5.75 Å². The van der Waals surface area contributed by atoms with Gasteiger partial charge in [-0.2, -0.15) is 0 Å². The molecule has 7 nitrogen and oxygen atoms in total. The molecule has 1 atom stereocenters. The van der Waals surface area contributed by atoms with Crippen LogP contribution in [-0.2, 0) is 16.2 Å². The van der Waals surface area contributed by atoms with Gasteiger partial charge in [0, 0.05) is 50.8 Å². The average molecular weight is 562 g/mol. The maximum atomic E-state index is 13.6. The molecule has 0 spiro atoms. The SMILES string of the molecule is Cc1cc(/C(O)=C2/C(=O)C(=O)N(c3ccc(N(C)C)cc3)C2c2ccc(N(C)C)cc2)ccc1OCc1ccccc1. The van der Waals surface area contributed by atoms with E-state index in [1.54, 1.807) is 18.2 Å². The van der Waals surface area contributed by atoms with Crippen molar-refractivity contribution in [3.05, 3.63) is 125 Å². The Bertz CT molecular complexity index is 1630.